The van der Waals surface area contributed by atoms with Gasteiger partial charge in [-0.1, -0.05) is 12.8 Å². The number of halogens is 1. The molecule has 2 N–H and O–H groups in total. The largest absolute Gasteiger partial charge is 0.657 e. The Morgan fingerprint density at radius 2 is 1.97 bits per heavy atom. The van der Waals surface area contributed by atoms with Crippen molar-refractivity contribution in [1.82, 2.24) is 24.8 Å². The maximum atomic E-state index is 16.3. The predicted molar refractivity (Wildman–Crippen MR) is 140 cm³/mol. The molecule has 0 amide bonds. The second-order valence-corrected chi connectivity index (χ2v) is 10.4. The minimum Gasteiger partial charge on any atom is -0.657 e. The van der Waals surface area contributed by atoms with E-state index in [0.29, 0.717) is 35.5 Å². The molecule has 195 valence electrons. The molecule has 3 aromatic heterocycles. The number of aromatic hydroxyl groups is 1. The average molecular weight is 591 g/mol. The van der Waals surface area contributed by atoms with E-state index < -0.39 is 5.82 Å². The topological polar surface area (TPSA) is 102 Å². The molecule has 0 saturated carbocycles. The molecule has 4 aromatic rings. The van der Waals surface area contributed by atoms with E-state index in [9.17, 15) is 5.11 Å². The van der Waals surface area contributed by atoms with E-state index in [1.807, 2.05) is 23.9 Å². The molecule has 9 nitrogen and oxygen atoms in total. The van der Waals surface area contributed by atoms with Gasteiger partial charge in [-0.15, -0.1) is 12.6 Å². The number of hydrogen-bond donors (Lipinski definition) is 2. The van der Waals surface area contributed by atoms with Gasteiger partial charge in [0.1, 0.15) is 22.8 Å². The van der Waals surface area contributed by atoms with Crippen LogP contribution in [0.4, 0.5) is 10.2 Å². The van der Waals surface area contributed by atoms with E-state index >= 15 is 4.39 Å². The van der Waals surface area contributed by atoms with Gasteiger partial charge in [-0.25, -0.2) is 4.39 Å². The Morgan fingerprint density at radius 1 is 1.16 bits per heavy atom. The van der Waals surface area contributed by atoms with Crippen LogP contribution in [-0.2, 0) is 39.8 Å². The second-order valence-electron chi connectivity index (χ2n) is 10.4. The fourth-order valence-electron chi connectivity index (χ4n) is 6.05. The summed E-state index contributed by atoms with van der Waals surface area (Å²) in [5, 5.41) is 19.6. The molecule has 38 heavy (non-hydrogen) atoms. The van der Waals surface area contributed by atoms with Gasteiger partial charge in [0.15, 0.2) is 5.82 Å². The Balaban J connectivity index is 0.00000264. The third-order valence-corrected chi connectivity index (χ3v) is 7.88. The van der Waals surface area contributed by atoms with Gasteiger partial charge < -0.3 is 29.9 Å². The van der Waals surface area contributed by atoms with Crippen LogP contribution in [0.1, 0.15) is 25.7 Å². The minimum absolute atomic E-state index is 0. The molecule has 3 atom stereocenters. The van der Waals surface area contributed by atoms with Crippen molar-refractivity contribution in [3.63, 3.8) is 0 Å². The standard InChI is InChI=1S/C27H29FN7O2.Y/c1-34-13-21(19-9-18(36)6-7-22(19)34)24-23(28)25-20(10-30-24)26(35-11-15-4-5-16(12-35)31-15)33-27(32-25)37-14-17-3-2-8-29-17;/h6-7,9-10,13,15-17,31,36H,2-5,8,11-12,14H2,1H3;/q-1;/t15?,16?,17-;/m0./s1. The number of hydrogen-bond acceptors (Lipinski definition) is 7. The van der Waals surface area contributed by atoms with Crippen molar-refractivity contribution in [2.24, 2.45) is 7.05 Å². The molecule has 3 aliphatic rings. The zero-order chi connectivity index (χ0) is 25.1. The molecule has 3 aliphatic heterocycles. The summed E-state index contributed by atoms with van der Waals surface area (Å²) in [6, 6.07) is 6.15. The van der Waals surface area contributed by atoms with Gasteiger partial charge in [0, 0.05) is 93.8 Å². The Hall–Kier alpha value is -2.40. The summed E-state index contributed by atoms with van der Waals surface area (Å²) in [5.41, 5.74) is 1.85. The van der Waals surface area contributed by atoms with Crippen molar-refractivity contribution >= 4 is 27.6 Å². The first-order chi connectivity index (χ1) is 18.0. The zero-order valence-electron chi connectivity index (χ0n) is 21.3. The summed E-state index contributed by atoms with van der Waals surface area (Å²) in [5.74, 6) is 0.257. The van der Waals surface area contributed by atoms with Crippen LogP contribution in [0.5, 0.6) is 11.8 Å². The SMILES string of the molecule is Cn1cc(-c2ncc3c(N4CC5CCC(C4)N5)nc(OC[C@@H]4CCC[N-]4)nc3c2F)c2cc(O)ccc21.[Y]. The number of aryl methyl sites for hydroxylation is 1. The smallest absolute Gasteiger partial charge is 0.318 e. The molecule has 2 unspecified atom stereocenters. The third-order valence-electron chi connectivity index (χ3n) is 7.88. The van der Waals surface area contributed by atoms with Crippen LogP contribution in [0.3, 0.4) is 0 Å². The number of piperazine rings is 1. The number of benzene rings is 1. The van der Waals surface area contributed by atoms with E-state index in [1.54, 1.807) is 18.3 Å². The normalized spacial score (nSPS) is 22.8. The molecule has 11 heteroatoms. The second kappa shape index (κ2) is 10.3. The summed E-state index contributed by atoms with van der Waals surface area (Å²) < 4.78 is 24.2. The molecule has 6 heterocycles. The van der Waals surface area contributed by atoms with Crippen molar-refractivity contribution < 1.29 is 46.9 Å². The van der Waals surface area contributed by atoms with Crippen molar-refractivity contribution in [2.45, 2.75) is 43.8 Å². The predicted octanol–water partition coefficient (Wildman–Crippen LogP) is 3.88. The van der Waals surface area contributed by atoms with Gasteiger partial charge >= 0.3 is 6.01 Å². The molecule has 3 saturated heterocycles. The van der Waals surface area contributed by atoms with E-state index in [1.165, 1.54) is 0 Å². The summed E-state index contributed by atoms with van der Waals surface area (Å²) in [4.78, 5) is 16.1. The number of ether oxygens (including phenoxy) is 1. The number of fused-ring (bicyclic) bond motifs is 4. The first kappa shape index (κ1) is 25.9. The fraction of sp³-hybridized carbons (Fsp3) is 0.444. The number of nitrogens with zero attached hydrogens (tertiary/aromatic N) is 6. The molecule has 3 fully saturated rings. The maximum absolute atomic E-state index is 16.3. The van der Waals surface area contributed by atoms with Crippen molar-refractivity contribution in [2.75, 3.05) is 31.1 Å². The number of anilines is 1. The Labute approximate surface area is 245 Å². The zero-order valence-corrected chi connectivity index (χ0v) is 24.1. The average Bonchev–Trinajstić information content (AvgIpc) is 3.62. The summed E-state index contributed by atoms with van der Waals surface area (Å²) >= 11 is 0. The van der Waals surface area contributed by atoms with E-state index in [4.69, 9.17) is 9.72 Å². The number of pyridine rings is 1. The molecule has 0 spiro atoms. The maximum Gasteiger partial charge on any atom is 0.318 e. The van der Waals surface area contributed by atoms with Crippen LogP contribution in [0.25, 0.3) is 38.4 Å². The number of nitrogens with one attached hydrogen (secondary N) is 1. The third kappa shape index (κ3) is 4.55. The van der Waals surface area contributed by atoms with E-state index in [-0.39, 0.29) is 61.7 Å². The fourth-order valence-corrected chi connectivity index (χ4v) is 6.05. The Kier molecular flexibility index (Phi) is 7.01. The Morgan fingerprint density at radius 3 is 2.74 bits per heavy atom. The van der Waals surface area contributed by atoms with Crippen molar-refractivity contribution in [3.05, 3.63) is 41.7 Å². The van der Waals surface area contributed by atoms with Gasteiger partial charge in [0.25, 0.3) is 0 Å². The number of aromatic nitrogens is 4. The number of rotatable bonds is 5. The molecule has 7 rings (SSSR count). The van der Waals surface area contributed by atoms with Gasteiger partial charge in [-0.05, 0) is 31.0 Å². The van der Waals surface area contributed by atoms with Crippen LogP contribution in [0, 0.1) is 5.82 Å². The molecule has 1 radical (unpaired) electrons. The summed E-state index contributed by atoms with van der Waals surface area (Å²) in [7, 11) is 1.89. The van der Waals surface area contributed by atoms with Gasteiger partial charge in [-0.2, -0.15) is 9.97 Å². The van der Waals surface area contributed by atoms with Crippen LogP contribution in [0.2, 0.25) is 0 Å². The monoisotopic (exact) mass is 591 g/mol. The number of phenols is 1. The van der Waals surface area contributed by atoms with Crippen molar-refractivity contribution in [3.8, 4) is 23.0 Å². The van der Waals surface area contributed by atoms with Crippen LogP contribution < -0.4 is 15.0 Å². The molecule has 0 aliphatic carbocycles. The molecular weight excluding hydrogens is 562 g/mol. The quantitative estimate of drug-likeness (QED) is 0.363. The first-order valence-corrected chi connectivity index (χ1v) is 13.0. The van der Waals surface area contributed by atoms with E-state index in [0.717, 1.165) is 56.2 Å². The molecular formula is C27H29FN7O2Y-. The first-order valence-electron chi connectivity index (χ1n) is 13.0. The van der Waals surface area contributed by atoms with Gasteiger partial charge in [0.2, 0.25) is 0 Å². The van der Waals surface area contributed by atoms with E-state index in [2.05, 4.69) is 25.5 Å². The van der Waals surface area contributed by atoms with Gasteiger partial charge in [0.05, 0.1) is 12.0 Å². The number of phenolic OH excluding ortho intramolecular Hbond substituents is 1. The van der Waals surface area contributed by atoms with Gasteiger partial charge in [-0.3, -0.25) is 4.98 Å². The molecule has 1 aromatic carbocycles. The van der Waals surface area contributed by atoms with Crippen LogP contribution in [0.15, 0.2) is 30.6 Å². The molecule has 2 bridgehead atoms. The van der Waals surface area contributed by atoms with Crippen LogP contribution in [-0.4, -0.2) is 69.0 Å². The summed E-state index contributed by atoms with van der Waals surface area (Å²) in [6.45, 7) is 2.84. The van der Waals surface area contributed by atoms with Crippen LogP contribution >= 0.6 is 0 Å². The minimum atomic E-state index is -0.523. The summed E-state index contributed by atoms with van der Waals surface area (Å²) in [6.07, 6.45) is 7.80. The Bertz CT molecular complexity index is 1490. The van der Waals surface area contributed by atoms with Crippen molar-refractivity contribution in [1.29, 1.82) is 0 Å².